The molecule has 0 aromatic carbocycles. The Morgan fingerprint density at radius 2 is 2.00 bits per heavy atom. The van der Waals surface area contributed by atoms with E-state index in [4.69, 9.17) is 0 Å². The average molecular weight is 266 g/mol. The normalized spacial score (nSPS) is 16.8. The molecule has 1 fully saturated rings. The van der Waals surface area contributed by atoms with E-state index >= 15 is 0 Å². The first-order valence-electron chi connectivity index (χ1n) is 6.17. The maximum Gasteiger partial charge on any atom is 0.230 e. The first kappa shape index (κ1) is 13.2. The topological polar surface area (TPSA) is 40.6 Å². The van der Waals surface area contributed by atoms with Crippen LogP contribution in [0.3, 0.4) is 0 Å². The first-order valence-corrected chi connectivity index (χ1v) is 7.05. The van der Waals surface area contributed by atoms with E-state index in [1.54, 1.807) is 16.2 Å². The van der Waals surface area contributed by atoms with Gasteiger partial charge in [0.25, 0.3) is 0 Å². The average Bonchev–Trinajstić information content (AvgIpc) is 2.82. The third-order valence-electron chi connectivity index (χ3n) is 3.08. The first-order chi connectivity index (χ1) is 8.65. The van der Waals surface area contributed by atoms with Crippen LogP contribution in [0.1, 0.15) is 18.2 Å². The van der Waals surface area contributed by atoms with Crippen LogP contribution in [0, 0.1) is 0 Å². The van der Waals surface area contributed by atoms with Crippen molar-refractivity contribution < 1.29 is 9.59 Å². The smallest absolute Gasteiger partial charge is 0.230 e. The molecule has 2 heterocycles. The van der Waals surface area contributed by atoms with E-state index in [9.17, 15) is 9.59 Å². The van der Waals surface area contributed by atoms with Crippen LogP contribution in [0.2, 0.25) is 0 Å². The van der Waals surface area contributed by atoms with E-state index in [2.05, 4.69) is 22.4 Å². The Kier molecular flexibility index (Phi) is 4.49. The van der Waals surface area contributed by atoms with E-state index in [-0.39, 0.29) is 18.1 Å². The second-order valence-corrected chi connectivity index (χ2v) is 5.65. The highest BCUT2D eigenvalue weighted by molar-refractivity contribution is 7.09. The van der Waals surface area contributed by atoms with E-state index < -0.39 is 0 Å². The Bertz CT molecular complexity index is 409. The maximum absolute atomic E-state index is 11.7. The zero-order valence-electron chi connectivity index (χ0n) is 10.6. The summed E-state index contributed by atoms with van der Waals surface area (Å²) < 4.78 is 0. The Balaban J connectivity index is 1.77. The van der Waals surface area contributed by atoms with Crippen molar-refractivity contribution >= 4 is 23.0 Å². The fraction of sp³-hybridized carbons (Fsp3) is 0.538. The molecule has 1 aromatic rings. The lowest BCUT2D eigenvalue weighted by Crippen LogP contribution is -2.48. The van der Waals surface area contributed by atoms with Gasteiger partial charge in [-0.3, -0.25) is 14.5 Å². The summed E-state index contributed by atoms with van der Waals surface area (Å²) in [5, 5.41) is 2.09. The van der Waals surface area contributed by atoms with Gasteiger partial charge in [-0.2, -0.15) is 0 Å². The van der Waals surface area contributed by atoms with Crippen LogP contribution in [0.25, 0.3) is 0 Å². The predicted octanol–water partition coefficient (Wildman–Crippen LogP) is 1.37. The molecule has 0 spiro atoms. The Morgan fingerprint density at radius 3 is 2.56 bits per heavy atom. The van der Waals surface area contributed by atoms with E-state index in [1.165, 1.54) is 11.8 Å². The van der Waals surface area contributed by atoms with Gasteiger partial charge in [0.2, 0.25) is 5.91 Å². The number of carbonyl (C=O) groups is 2. The number of amides is 1. The van der Waals surface area contributed by atoms with Gasteiger partial charge in [-0.1, -0.05) is 6.07 Å². The molecule has 0 unspecified atom stereocenters. The number of hydrogen-bond acceptors (Lipinski definition) is 4. The summed E-state index contributed by atoms with van der Waals surface area (Å²) >= 11 is 1.77. The molecule has 0 atom stereocenters. The molecule has 4 nitrogen and oxygen atoms in total. The van der Waals surface area contributed by atoms with Gasteiger partial charge in [0.1, 0.15) is 5.78 Å². The summed E-state index contributed by atoms with van der Waals surface area (Å²) in [6, 6.07) is 4.20. The summed E-state index contributed by atoms with van der Waals surface area (Å²) in [7, 11) is 0. The number of carbonyl (C=O) groups excluding carboxylic acids is 2. The number of thiophene rings is 1. The summed E-state index contributed by atoms with van der Waals surface area (Å²) in [5.74, 6) is -0.0840. The van der Waals surface area contributed by atoms with Crippen LogP contribution in [0.4, 0.5) is 0 Å². The SMILES string of the molecule is CC(=O)CC(=O)N1CCN(Cc2cccs2)CC1. The monoisotopic (exact) mass is 266 g/mol. The Hall–Kier alpha value is -1.20. The van der Waals surface area contributed by atoms with Crippen molar-refractivity contribution in [1.82, 2.24) is 9.80 Å². The summed E-state index contributed by atoms with van der Waals surface area (Å²) in [4.78, 5) is 28.1. The quantitative estimate of drug-likeness (QED) is 0.773. The molecule has 0 aliphatic carbocycles. The highest BCUT2D eigenvalue weighted by Crippen LogP contribution is 2.13. The second kappa shape index (κ2) is 6.11. The van der Waals surface area contributed by atoms with Crippen LogP contribution < -0.4 is 0 Å². The Labute approximate surface area is 111 Å². The summed E-state index contributed by atoms with van der Waals surface area (Å²) in [6.07, 6.45) is 0.0466. The van der Waals surface area contributed by atoms with Gasteiger partial charge in [-0.25, -0.2) is 0 Å². The van der Waals surface area contributed by atoms with Crippen molar-refractivity contribution in [1.29, 1.82) is 0 Å². The molecule has 0 N–H and O–H groups in total. The minimum absolute atomic E-state index is 0.0294. The zero-order valence-corrected chi connectivity index (χ0v) is 11.4. The number of piperazine rings is 1. The van der Waals surface area contributed by atoms with Gasteiger partial charge in [0.15, 0.2) is 0 Å². The van der Waals surface area contributed by atoms with E-state index in [0.29, 0.717) is 0 Å². The fourth-order valence-corrected chi connectivity index (χ4v) is 2.85. The third-order valence-corrected chi connectivity index (χ3v) is 3.95. The summed E-state index contributed by atoms with van der Waals surface area (Å²) in [6.45, 7) is 5.68. The molecular formula is C13H18N2O2S. The standard InChI is InChI=1S/C13H18N2O2S/c1-11(16)9-13(17)15-6-4-14(5-7-15)10-12-3-2-8-18-12/h2-3,8H,4-7,9-10H2,1H3. The second-order valence-electron chi connectivity index (χ2n) is 4.62. The van der Waals surface area contributed by atoms with Crippen molar-refractivity contribution in [3.63, 3.8) is 0 Å². The number of rotatable bonds is 4. The Morgan fingerprint density at radius 1 is 1.28 bits per heavy atom. The lowest BCUT2D eigenvalue weighted by molar-refractivity contribution is -0.136. The lowest BCUT2D eigenvalue weighted by atomic mass is 10.2. The molecule has 0 bridgehead atoms. The van der Waals surface area contributed by atoms with Gasteiger partial charge in [-0.15, -0.1) is 11.3 Å². The van der Waals surface area contributed by atoms with Crippen molar-refractivity contribution in [3.8, 4) is 0 Å². The highest BCUT2D eigenvalue weighted by Gasteiger charge is 2.21. The molecule has 1 amide bonds. The highest BCUT2D eigenvalue weighted by atomic mass is 32.1. The largest absolute Gasteiger partial charge is 0.340 e. The van der Waals surface area contributed by atoms with Gasteiger partial charge in [-0.05, 0) is 18.4 Å². The van der Waals surface area contributed by atoms with Gasteiger partial charge < -0.3 is 4.90 Å². The van der Waals surface area contributed by atoms with Crippen LogP contribution in [0.15, 0.2) is 17.5 Å². The molecule has 1 aliphatic heterocycles. The van der Waals surface area contributed by atoms with Crippen molar-refractivity contribution in [2.75, 3.05) is 26.2 Å². The molecule has 0 radical (unpaired) electrons. The van der Waals surface area contributed by atoms with Crippen LogP contribution in [-0.2, 0) is 16.1 Å². The van der Waals surface area contributed by atoms with Gasteiger partial charge in [0, 0.05) is 37.6 Å². The molecule has 98 valence electrons. The number of hydrogen-bond donors (Lipinski definition) is 0. The van der Waals surface area contributed by atoms with Crippen LogP contribution >= 0.6 is 11.3 Å². The molecule has 18 heavy (non-hydrogen) atoms. The van der Waals surface area contributed by atoms with Gasteiger partial charge in [0.05, 0.1) is 6.42 Å². The number of ketones is 1. The van der Waals surface area contributed by atoms with E-state index in [1.807, 2.05) is 0 Å². The minimum atomic E-state index is -0.0546. The fourth-order valence-electron chi connectivity index (χ4n) is 2.10. The molecule has 1 aromatic heterocycles. The third kappa shape index (κ3) is 3.65. The molecule has 0 saturated carbocycles. The van der Waals surface area contributed by atoms with Crippen LogP contribution in [0.5, 0.6) is 0 Å². The zero-order chi connectivity index (χ0) is 13.0. The molecular weight excluding hydrogens is 248 g/mol. The predicted molar refractivity (Wildman–Crippen MR) is 71.5 cm³/mol. The van der Waals surface area contributed by atoms with Crippen molar-refractivity contribution in [3.05, 3.63) is 22.4 Å². The minimum Gasteiger partial charge on any atom is -0.340 e. The molecule has 1 aliphatic rings. The van der Waals surface area contributed by atoms with Crippen molar-refractivity contribution in [2.45, 2.75) is 19.9 Å². The maximum atomic E-state index is 11.7. The molecule has 2 rings (SSSR count). The van der Waals surface area contributed by atoms with Crippen molar-refractivity contribution in [2.24, 2.45) is 0 Å². The molecule has 1 saturated heterocycles. The number of nitrogens with zero attached hydrogens (tertiary/aromatic N) is 2. The van der Waals surface area contributed by atoms with E-state index in [0.717, 1.165) is 32.7 Å². The summed E-state index contributed by atoms with van der Waals surface area (Å²) in [5.41, 5.74) is 0. The van der Waals surface area contributed by atoms with Crippen LogP contribution in [-0.4, -0.2) is 47.7 Å². The number of Topliss-reactive ketones (excluding diaryl/α,β-unsaturated/α-hetero) is 1. The lowest BCUT2D eigenvalue weighted by Gasteiger charge is -2.34. The van der Waals surface area contributed by atoms with Gasteiger partial charge >= 0.3 is 0 Å². The molecule has 5 heteroatoms.